The molecule has 0 amide bonds. The van der Waals surface area contributed by atoms with Gasteiger partial charge in [0.2, 0.25) is 0 Å². The number of hydrogen-bond donors (Lipinski definition) is 1. The van der Waals surface area contributed by atoms with E-state index in [0.717, 1.165) is 11.7 Å². The highest BCUT2D eigenvalue weighted by molar-refractivity contribution is 9.10. The maximum absolute atomic E-state index is 13.7. The smallest absolute Gasteiger partial charge is 0.149 e. The van der Waals surface area contributed by atoms with E-state index in [1.54, 1.807) is 6.07 Å². The van der Waals surface area contributed by atoms with E-state index in [1.807, 2.05) is 0 Å². The highest BCUT2D eigenvalue weighted by atomic mass is 79.9. The van der Waals surface area contributed by atoms with E-state index >= 15 is 0 Å². The van der Waals surface area contributed by atoms with Gasteiger partial charge >= 0.3 is 0 Å². The number of hydrogen-bond acceptors (Lipinski definition) is 4. The van der Waals surface area contributed by atoms with E-state index in [-0.39, 0.29) is 10.6 Å². The van der Waals surface area contributed by atoms with Crippen LogP contribution in [-0.4, -0.2) is 13.9 Å². The van der Waals surface area contributed by atoms with Gasteiger partial charge in [0.25, 0.3) is 0 Å². The average Bonchev–Trinajstić information content (AvgIpc) is 2.79. The third-order valence-electron chi connectivity index (χ3n) is 2.02. The molecule has 2 rings (SSSR count). The zero-order chi connectivity index (χ0) is 11.7. The molecule has 16 heavy (non-hydrogen) atoms. The molecule has 0 saturated carbocycles. The SMILES string of the molecule is OC(c1cnsn1)c1ccc(Br)c(Cl)c1F. The van der Waals surface area contributed by atoms with Crippen molar-refractivity contribution in [3.05, 3.63) is 44.9 Å². The van der Waals surface area contributed by atoms with Gasteiger partial charge in [-0.3, -0.25) is 0 Å². The second-order valence-corrected chi connectivity index (χ2v) is 4.79. The van der Waals surface area contributed by atoms with Crippen LogP contribution in [-0.2, 0) is 0 Å². The Hall–Kier alpha value is -0.560. The zero-order valence-electron chi connectivity index (χ0n) is 7.69. The van der Waals surface area contributed by atoms with Crippen LogP contribution in [0.1, 0.15) is 17.4 Å². The van der Waals surface area contributed by atoms with Gasteiger partial charge < -0.3 is 5.11 Å². The highest BCUT2D eigenvalue weighted by Crippen LogP contribution is 2.32. The van der Waals surface area contributed by atoms with Gasteiger partial charge in [0.15, 0.2) is 0 Å². The average molecular weight is 324 g/mol. The molecule has 1 aromatic heterocycles. The largest absolute Gasteiger partial charge is 0.382 e. The molecule has 7 heteroatoms. The van der Waals surface area contributed by atoms with Crippen LogP contribution in [0.5, 0.6) is 0 Å². The first kappa shape index (κ1) is 11.9. The summed E-state index contributed by atoms with van der Waals surface area (Å²) in [4.78, 5) is 0. The summed E-state index contributed by atoms with van der Waals surface area (Å²) in [6.45, 7) is 0. The molecule has 1 unspecified atom stereocenters. The van der Waals surface area contributed by atoms with Crippen molar-refractivity contribution in [1.82, 2.24) is 8.75 Å². The fourth-order valence-electron chi connectivity index (χ4n) is 1.20. The third-order valence-corrected chi connectivity index (χ3v) is 3.77. The summed E-state index contributed by atoms with van der Waals surface area (Å²) in [5, 5.41) is 9.81. The van der Waals surface area contributed by atoms with Crippen molar-refractivity contribution < 1.29 is 9.50 Å². The van der Waals surface area contributed by atoms with Crippen LogP contribution >= 0.6 is 39.3 Å². The van der Waals surface area contributed by atoms with Gasteiger partial charge in [0, 0.05) is 10.0 Å². The van der Waals surface area contributed by atoms with Gasteiger partial charge in [-0.05, 0) is 22.0 Å². The molecule has 0 aliphatic heterocycles. The molecule has 0 aliphatic carbocycles. The molecule has 0 aliphatic rings. The van der Waals surface area contributed by atoms with Gasteiger partial charge in [-0.1, -0.05) is 17.7 Å². The Morgan fingerprint density at radius 1 is 1.50 bits per heavy atom. The molecule has 84 valence electrons. The third kappa shape index (κ3) is 2.10. The highest BCUT2D eigenvalue weighted by Gasteiger charge is 2.20. The minimum Gasteiger partial charge on any atom is -0.382 e. The lowest BCUT2D eigenvalue weighted by atomic mass is 10.1. The maximum atomic E-state index is 13.7. The summed E-state index contributed by atoms with van der Waals surface area (Å²) >= 11 is 9.77. The number of aromatic nitrogens is 2. The second kappa shape index (κ2) is 4.75. The number of rotatable bonds is 2. The number of benzene rings is 1. The van der Waals surface area contributed by atoms with Crippen molar-refractivity contribution in [3.63, 3.8) is 0 Å². The summed E-state index contributed by atoms with van der Waals surface area (Å²) in [5.41, 5.74) is 0.392. The minimum atomic E-state index is -1.15. The molecule has 3 nitrogen and oxygen atoms in total. The minimum absolute atomic E-state index is 0.0558. The molecule has 2 aromatic rings. The predicted octanol–water partition coefficient (Wildman–Crippen LogP) is 3.17. The summed E-state index contributed by atoms with van der Waals surface area (Å²) in [6.07, 6.45) is 0.245. The lowest BCUT2D eigenvalue weighted by Crippen LogP contribution is -2.03. The Morgan fingerprint density at radius 3 is 2.88 bits per heavy atom. The van der Waals surface area contributed by atoms with Crippen molar-refractivity contribution >= 4 is 39.3 Å². The number of nitrogens with zero attached hydrogens (tertiary/aromatic N) is 2. The van der Waals surface area contributed by atoms with Crippen molar-refractivity contribution in [2.45, 2.75) is 6.10 Å². The van der Waals surface area contributed by atoms with Gasteiger partial charge in [0.05, 0.1) is 22.9 Å². The van der Waals surface area contributed by atoms with Gasteiger partial charge in [-0.25, -0.2) is 4.39 Å². The molecule has 0 saturated heterocycles. The molecule has 1 heterocycles. The molecular weight excluding hydrogens is 319 g/mol. The first-order valence-corrected chi connectivity index (χ1v) is 6.10. The molecule has 0 fully saturated rings. The standard InChI is InChI=1S/C9H5BrClFN2OS/c10-5-2-1-4(8(12)7(5)11)9(15)6-3-13-16-14-6/h1-3,9,15H. The van der Waals surface area contributed by atoms with E-state index < -0.39 is 11.9 Å². The van der Waals surface area contributed by atoms with E-state index in [9.17, 15) is 9.50 Å². The van der Waals surface area contributed by atoms with Crippen LogP contribution in [0.4, 0.5) is 4.39 Å². The Morgan fingerprint density at radius 2 is 2.25 bits per heavy atom. The topological polar surface area (TPSA) is 46.0 Å². The summed E-state index contributed by atoms with van der Waals surface area (Å²) in [5.74, 6) is -0.656. The van der Waals surface area contributed by atoms with Crippen LogP contribution in [0, 0.1) is 5.82 Å². The summed E-state index contributed by atoms with van der Waals surface area (Å²) in [6, 6.07) is 3.03. The fourth-order valence-corrected chi connectivity index (χ4v) is 2.13. The molecular formula is C9H5BrClFN2OS. The second-order valence-electron chi connectivity index (χ2n) is 3.00. The van der Waals surface area contributed by atoms with Gasteiger partial charge in [-0.2, -0.15) is 8.75 Å². The van der Waals surface area contributed by atoms with E-state index in [1.165, 1.54) is 12.3 Å². The van der Waals surface area contributed by atoms with Gasteiger partial charge in [0.1, 0.15) is 17.6 Å². The first-order valence-electron chi connectivity index (χ1n) is 4.20. The van der Waals surface area contributed by atoms with Crippen molar-refractivity contribution in [2.24, 2.45) is 0 Å². The Kier molecular flexibility index (Phi) is 3.53. The molecule has 1 atom stereocenters. The molecule has 1 N–H and O–H groups in total. The maximum Gasteiger partial charge on any atom is 0.149 e. The lowest BCUT2D eigenvalue weighted by molar-refractivity contribution is 0.211. The van der Waals surface area contributed by atoms with Crippen LogP contribution in [0.2, 0.25) is 5.02 Å². The molecule has 0 radical (unpaired) electrons. The van der Waals surface area contributed by atoms with E-state index in [4.69, 9.17) is 11.6 Å². The normalized spacial score (nSPS) is 12.8. The van der Waals surface area contributed by atoms with Crippen LogP contribution in [0.3, 0.4) is 0 Å². The Balaban J connectivity index is 2.45. The summed E-state index contributed by atoms with van der Waals surface area (Å²) < 4.78 is 21.8. The van der Waals surface area contributed by atoms with Crippen LogP contribution < -0.4 is 0 Å². The van der Waals surface area contributed by atoms with Crippen LogP contribution in [0.25, 0.3) is 0 Å². The summed E-state index contributed by atoms with van der Waals surface area (Å²) in [7, 11) is 0. The predicted molar refractivity (Wildman–Crippen MR) is 63.1 cm³/mol. The van der Waals surface area contributed by atoms with Crippen LogP contribution in [0.15, 0.2) is 22.8 Å². The van der Waals surface area contributed by atoms with Crippen molar-refractivity contribution in [1.29, 1.82) is 0 Å². The first-order chi connectivity index (χ1) is 7.61. The van der Waals surface area contributed by atoms with Crippen molar-refractivity contribution in [2.75, 3.05) is 0 Å². The molecule has 0 spiro atoms. The number of halogens is 3. The number of aliphatic hydroxyl groups is 1. The lowest BCUT2D eigenvalue weighted by Gasteiger charge is -2.10. The van der Waals surface area contributed by atoms with E-state index in [2.05, 4.69) is 24.7 Å². The molecule has 0 bridgehead atoms. The van der Waals surface area contributed by atoms with Crippen molar-refractivity contribution in [3.8, 4) is 0 Å². The van der Waals surface area contributed by atoms with Gasteiger partial charge in [-0.15, -0.1) is 0 Å². The Bertz CT molecular complexity index is 508. The fraction of sp³-hybridized carbons (Fsp3) is 0.111. The number of aliphatic hydroxyl groups excluding tert-OH is 1. The molecule has 1 aromatic carbocycles. The monoisotopic (exact) mass is 322 g/mol. The van der Waals surface area contributed by atoms with E-state index in [0.29, 0.717) is 10.2 Å². The zero-order valence-corrected chi connectivity index (χ0v) is 10.9. The quantitative estimate of drug-likeness (QED) is 0.864. The Labute approximate surface area is 108 Å².